The number of sulfonamides is 1. The topological polar surface area (TPSA) is 67.2 Å². The fourth-order valence-electron chi connectivity index (χ4n) is 2.85. The Bertz CT molecular complexity index is 589. The minimum atomic E-state index is -3.49. The molecule has 0 spiro atoms. The molecule has 6 nitrogen and oxygen atoms in total. The van der Waals surface area contributed by atoms with Crippen LogP contribution in [0.1, 0.15) is 39.3 Å². The van der Waals surface area contributed by atoms with Gasteiger partial charge in [-0.1, -0.05) is 13.8 Å². The zero-order valence-electron chi connectivity index (χ0n) is 14.0. The van der Waals surface area contributed by atoms with Crippen LogP contribution in [-0.2, 0) is 16.6 Å². The zero-order chi connectivity index (χ0) is 16.3. The van der Waals surface area contributed by atoms with Crippen LogP contribution >= 0.6 is 0 Å². The van der Waals surface area contributed by atoms with E-state index >= 15 is 0 Å². The summed E-state index contributed by atoms with van der Waals surface area (Å²) in [5.74, 6) is 0.429. The molecule has 0 aromatic carbocycles. The summed E-state index contributed by atoms with van der Waals surface area (Å²) in [6, 6.07) is 0.225. The molecule has 1 aromatic rings. The van der Waals surface area contributed by atoms with Crippen LogP contribution in [0.25, 0.3) is 0 Å². The Morgan fingerprint density at radius 3 is 2.50 bits per heavy atom. The molecule has 126 valence electrons. The maximum absolute atomic E-state index is 12.5. The summed E-state index contributed by atoms with van der Waals surface area (Å²) in [5, 5.41) is 4.31. The van der Waals surface area contributed by atoms with E-state index in [1.54, 1.807) is 17.8 Å². The Morgan fingerprint density at radius 1 is 1.27 bits per heavy atom. The molecule has 0 radical (unpaired) electrons. The largest absolute Gasteiger partial charge is 0.299 e. The van der Waals surface area contributed by atoms with Gasteiger partial charge in [-0.05, 0) is 45.7 Å². The molecular weight excluding hydrogens is 300 g/mol. The third kappa shape index (κ3) is 4.30. The molecule has 1 atom stereocenters. The van der Waals surface area contributed by atoms with Crippen LogP contribution in [0.5, 0.6) is 0 Å². The van der Waals surface area contributed by atoms with Crippen molar-refractivity contribution in [1.29, 1.82) is 0 Å². The van der Waals surface area contributed by atoms with Crippen LogP contribution in [0.2, 0.25) is 0 Å². The molecule has 0 aliphatic carbocycles. The molecule has 0 bridgehead atoms. The first-order valence-electron chi connectivity index (χ1n) is 8.07. The number of aryl methyl sites for hydroxylation is 1. The SMILES string of the molecule is Cc1nn(CC(C)C)cc1S(=O)(=O)NC[C@@H](C)N1CCCC1. The van der Waals surface area contributed by atoms with Crippen molar-refractivity contribution >= 4 is 10.0 Å². The molecule has 1 saturated heterocycles. The van der Waals surface area contributed by atoms with E-state index in [0.717, 1.165) is 19.6 Å². The lowest BCUT2D eigenvalue weighted by molar-refractivity contribution is 0.260. The van der Waals surface area contributed by atoms with Crippen LogP contribution in [0.4, 0.5) is 0 Å². The molecular formula is C15H28N4O2S. The van der Waals surface area contributed by atoms with Crippen molar-refractivity contribution in [1.82, 2.24) is 19.4 Å². The number of aromatic nitrogens is 2. The van der Waals surface area contributed by atoms with E-state index in [9.17, 15) is 8.42 Å². The van der Waals surface area contributed by atoms with E-state index in [1.807, 2.05) is 0 Å². The van der Waals surface area contributed by atoms with Crippen LogP contribution in [0, 0.1) is 12.8 Å². The molecule has 22 heavy (non-hydrogen) atoms. The van der Waals surface area contributed by atoms with Crippen molar-refractivity contribution in [2.24, 2.45) is 5.92 Å². The first-order valence-corrected chi connectivity index (χ1v) is 9.55. The van der Waals surface area contributed by atoms with Gasteiger partial charge in [0, 0.05) is 25.3 Å². The maximum atomic E-state index is 12.5. The van der Waals surface area contributed by atoms with E-state index in [4.69, 9.17) is 0 Å². The average Bonchev–Trinajstić information content (AvgIpc) is 3.05. The molecule has 2 heterocycles. The predicted molar refractivity (Wildman–Crippen MR) is 87.3 cm³/mol. The Morgan fingerprint density at radius 2 is 1.91 bits per heavy atom. The average molecular weight is 328 g/mol. The molecule has 1 aliphatic heterocycles. The molecule has 0 amide bonds. The van der Waals surface area contributed by atoms with E-state index in [1.165, 1.54) is 12.8 Å². The number of rotatable bonds is 7. The van der Waals surface area contributed by atoms with Crippen LogP contribution in [0.15, 0.2) is 11.1 Å². The second kappa shape index (κ2) is 7.10. The third-order valence-corrected chi connectivity index (χ3v) is 5.60. The summed E-state index contributed by atoms with van der Waals surface area (Å²) in [6.07, 6.45) is 4.05. The lowest BCUT2D eigenvalue weighted by atomic mass is 10.2. The fourth-order valence-corrected chi connectivity index (χ4v) is 4.16. The second-order valence-corrected chi connectivity index (χ2v) is 8.37. The first kappa shape index (κ1) is 17.4. The monoisotopic (exact) mass is 328 g/mol. The number of hydrogen-bond acceptors (Lipinski definition) is 4. The molecule has 1 aromatic heterocycles. The van der Waals surface area contributed by atoms with Gasteiger partial charge in [0.1, 0.15) is 4.90 Å². The third-order valence-electron chi connectivity index (χ3n) is 4.08. The van der Waals surface area contributed by atoms with Gasteiger partial charge in [-0.2, -0.15) is 5.10 Å². The van der Waals surface area contributed by atoms with Gasteiger partial charge in [0.2, 0.25) is 10.0 Å². The lowest BCUT2D eigenvalue weighted by Gasteiger charge is -2.23. The number of nitrogens with zero attached hydrogens (tertiary/aromatic N) is 3. The quantitative estimate of drug-likeness (QED) is 0.826. The minimum Gasteiger partial charge on any atom is -0.299 e. The standard InChI is InChI=1S/C15H28N4O2S/c1-12(2)10-19-11-15(14(4)17-19)22(20,21)16-9-13(3)18-7-5-6-8-18/h11-13,16H,5-10H2,1-4H3/t13-/m1/s1. The molecule has 0 saturated carbocycles. The summed E-state index contributed by atoms with van der Waals surface area (Å²) in [6.45, 7) is 11.3. The Labute approximate surface area is 133 Å². The first-order chi connectivity index (χ1) is 10.3. The van der Waals surface area contributed by atoms with Crippen molar-refractivity contribution in [3.8, 4) is 0 Å². The predicted octanol–water partition coefficient (Wildman–Crippen LogP) is 1.61. The van der Waals surface area contributed by atoms with Gasteiger partial charge in [0.15, 0.2) is 0 Å². The minimum absolute atomic E-state index is 0.225. The normalized spacial score (nSPS) is 18.2. The molecule has 2 rings (SSSR count). The van der Waals surface area contributed by atoms with Crippen molar-refractivity contribution in [2.45, 2.75) is 58.0 Å². The molecule has 1 N–H and O–H groups in total. The Kier molecular flexibility index (Phi) is 5.63. The van der Waals surface area contributed by atoms with E-state index in [-0.39, 0.29) is 6.04 Å². The summed E-state index contributed by atoms with van der Waals surface area (Å²) < 4.78 is 29.4. The summed E-state index contributed by atoms with van der Waals surface area (Å²) >= 11 is 0. The van der Waals surface area contributed by atoms with Gasteiger partial charge in [-0.3, -0.25) is 9.58 Å². The maximum Gasteiger partial charge on any atom is 0.244 e. The van der Waals surface area contributed by atoms with Gasteiger partial charge < -0.3 is 0 Å². The molecule has 1 aliphatic rings. The van der Waals surface area contributed by atoms with Crippen molar-refractivity contribution in [3.05, 3.63) is 11.9 Å². The summed E-state index contributed by atoms with van der Waals surface area (Å²) in [7, 11) is -3.49. The highest BCUT2D eigenvalue weighted by molar-refractivity contribution is 7.89. The second-order valence-electron chi connectivity index (χ2n) is 6.64. The fraction of sp³-hybridized carbons (Fsp3) is 0.800. The summed E-state index contributed by atoms with van der Waals surface area (Å²) in [5.41, 5.74) is 0.557. The van der Waals surface area contributed by atoms with Crippen molar-refractivity contribution < 1.29 is 8.42 Å². The molecule has 7 heteroatoms. The van der Waals surface area contributed by atoms with Gasteiger partial charge >= 0.3 is 0 Å². The smallest absolute Gasteiger partial charge is 0.244 e. The van der Waals surface area contributed by atoms with Gasteiger partial charge in [0.05, 0.1) is 5.69 Å². The zero-order valence-corrected chi connectivity index (χ0v) is 14.9. The van der Waals surface area contributed by atoms with Crippen molar-refractivity contribution in [2.75, 3.05) is 19.6 Å². The van der Waals surface area contributed by atoms with Gasteiger partial charge in [-0.25, -0.2) is 13.1 Å². The van der Waals surface area contributed by atoms with Crippen LogP contribution in [0.3, 0.4) is 0 Å². The highest BCUT2D eigenvalue weighted by atomic mass is 32.2. The van der Waals surface area contributed by atoms with Crippen LogP contribution in [-0.4, -0.2) is 48.8 Å². The molecule has 0 unspecified atom stereocenters. The number of hydrogen-bond donors (Lipinski definition) is 1. The highest BCUT2D eigenvalue weighted by Gasteiger charge is 2.23. The van der Waals surface area contributed by atoms with Gasteiger partial charge in [-0.15, -0.1) is 0 Å². The highest BCUT2D eigenvalue weighted by Crippen LogP contribution is 2.15. The summed E-state index contributed by atoms with van der Waals surface area (Å²) in [4.78, 5) is 2.62. The van der Waals surface area contributed by atoms with Crippen LogP contribution < -0.4 is 4.72 Å². The number of likely N-dealkylation sites (tertiary alicyclic amines) is 1. The van der Waals surface area contributed by atoms with Gasteiger partial charge in [0.25, 0.3) is 0 Å². The molecule has 1 fully saturated rings. The van der Waals surface area contributed by atoms with Crippen molar-refractivity contribution in [3.63, 3.8) is 0 Å². The van der Waals surface area contributed by atoms with E-state index < -0.39 is 10.0 Å². The number of nitrogens with one attached hydrogen (secondary N) is 1. The van der Waals surface area contributed by atoms with E-state index in [0.29, 0.717) is 23.1 Å². The lowest BCUT2D eigenvalue weighted by Crippen LogP contribution is -2.40. The van der Waals surface area contributed by atoms with E-state index in [2.05, 4.69) is 35.5 Å². The Hall–Kier alpha value is -0.920. The Balaban J connectivity index is 2.01.